The number of hydrogen-bond donors (Lipinski definition) is 2. The van der Waals surface area contributed by atoms with Gasteiger partial charge in [-0.05, 0) is 0 Å². The molecule has 0 radical (unpaired) electrons. The SMILES string of the molecule is Cn1[nH]c(=O)c(=O)[nH]1. The van der Waals surface area contributed by atoms with Gasteiger partial charge in [0.05, 0.1) is 0 Å². The van der Waals surface area contributed by atoms with Crippen molar-refractivity contribution in [3.8, 4) is 0 Å². The van der Waals surface area contributed by atoms with Crippen LogP contribution < -0.4 is 11.1 Å². The summed E-state index contributed by atoms with van der Waals surface area (Å²) in [6.07, 6.45) is 0. The second-order valence-corrected chi connectivity index (χ2v) is 1.44. The largest absolute Gasteiger partial charge is 0.330 e. The zero-order chi connectivity index (χ0) is 6.15. The fraction of sp³-hybridized carbons (Fsp3) is 0.333. The lowest BCUT2D eigenvalue weighted by Crippen LogP contribution is -2.20. The van der Waals surface area contributed by atoms with Crippen LogP contribution >= 0.6 is 0 Å². The van der Waals surface area contributed by atoms with Crippen molar-refractivity contribution in [2.24, 2.45) is 7.05 Å². The molecule has 5 nitrogen and oxygen atoms in total. The van der Waals surface area contributed by atoms with Gasteiger partial charge in [0.15, 0.2) is 0 Å². The van der Waals surface area contributed by atoms with Crippen molar-refractivity contribution in [3.63, 3.8) is 0 Å². The number of H-pyrrole nitrogens is 2. The Morgan fingerprint density at radius 3 is 1.75 bits per heavy atom. The Morgan fingerprint density at radius 1 is 1.25 bits per heavy atom. The van der Waals surface area contributed by atoms with Crippen molar-refractivity contribution < 1.29 is 0 Å². The highest BCUT2D eigenvalue weighted by Gasteiger charge is 1.90. The molecule has 0 bridgehead atoms. The Labute approximate surface area is 43.9 Å². The number of aromatic nitrogens is 3. The van der Waals surface area contributed by atoms with Gasteiger partial charge in [0.25, 0.3) is 0 Å². The summed E-state index contributed by atoms with van der Waals surface area (Å²) >= 11 is 0. The van der Waals surface area contributed by atoms with E-state index in [1.165, 1.54) is 11.8 Å². The molecule has 0 aliphatic rings. The number of nitrogens with zero attached hydrogens (tertiary/aromatic N) is 1. The molecule has 0 unspecified atom stereocenters. The van der Waals surface area contributed by atoms with Crippen LogP contribution in [0.25, 0.3) is 0 Å². The normalized spacial score (nSPS) is 9.62. The molecule has 44 valence electrons. The van der Waals surface area contributed by atoms with E-state index in [2.05, 4.69) is 10.2 Å². The molecule has 0 saturated carbocycles. The van der Waals surface area contributed by atoms with Crippen LogP contribution in [0.4, 0.5) is 0 Å². The lowest BCUT2D eigenvalue weighted by atomic mass is 10.9. The zero-order valence-corrected chi connectivity index (χ0v) is 4.26. The van der Waals surface area contributed by atoms with Crippen LogP contribution in [0.2, 0.25) is 0 Å². The Bertz CT molecular complexity index is 250. The van der Waals surface area contributed by atoms with Gasteiger partial charge in [0.1, 0.15) is 0 Å². The summed E-state index contributed by atoms with van der Waals surface area (Å²) < 4.78 is 0. The number of aryl methyl sites for hydroxylation is 1. The molecule has 1 rings (SSSR count). The topological polar surface area (TPSA) is 70.7 Å². The van der Waals surface area contributed by atoms with E-state index in [1.54, 1.807) is 0 Å². The van der Waals surface area contributed by atoms with E-state index in [0.29, 0.717) is 0 Å². The molecule has 0 aromatic carbocycles. The van der Waals surface area contributed by atoms with Gasteiger partial charge in [0.2, 0.25) is 0 Å². The Morgan fingerprint density at radius 2 is 1.62 bits per heavy atom. The van der Waals surface area contributed by atoms with Crippen molar-refractivity contribution in [1.82, 2.24) is 15.0 Å². The smallest absolute Gasteiger partial charge is 0.262 e. The summed E-state index contributed by atoms with van der Waals surface area (Å²) in [4.78, 5) is 21.6. The standard InChI is InChI=1S/C3H5N3O2/c1-6-4-2(7)3(8)5-6/h1H3,(H,4,7)(H,5,8). The summed E-state index contributed by atoms with van der Waals surface area (Å²) in [6.45, 7) is 0. The molecule has 8 heavy (non-hydrogen) atoms. The van der Waals surface area contributed by atoms with Gasteiger partial charge in [-0.25, -0.2) is 15.0 Å². The summed E-state index contributed by atoms with van der Waals surface area (Å²) in [5, 5.41) is 4.40. The average Bonchev–Trinajstić information content (AvgIpc) is 1.85. The highest BCUT2D eigenvalue weighted by molar-refractivity contribution is 4.66. The fourth-order valence-electron chi connectivity index (χ4n) is 0.434. The molecule has 0 atom stereocenters. The van der Waals surface area contributed by atoms with Gasteiger partial charge in [-0.3, -0.25) is 9.59 Å². The molecule has 1 aromatic rings. The summed E-state index contributed by atoms with van der Waals surface area (Å²) in [5.74, 6) is 0. The number of nitrogens with one attached hydrogen (secondary N) is 2. The van der Waals surface area contributed by atoms with Crippen molar-refractivity contribution in [2.45, 2.75) is 0 Å². The Kier molecular flexibility index (Phi) is 0.831. The molecule has 5 heteroatoms. The lowest BCUT2D eigenvalue weighted by molar-refractivity contribution is 0.645. The first-order chi connectivity index (χ1) is 3.70. The van der Waals surface area contributed by atoms with Gasteiger partial charge in [0, 0.05) is 7.05 Å². The minimum absolute atomic E-state index is 0.618. The second-order valence-electron chi connectivity index (χ2n) is 1.44. The van der Waals surface area contributed by atoms with E-state index >= 15 is 0 Å². The minimum Gasteiger partial charge on any atom is -0.262 e. The highest BCUT2D eigenvalue weighted by Crippen LogP contribution is 1.46. The van der Waals surface area contributed by atoms with E-state index in [4.69, 9.17) is 0 Å². The maximum atomic E-state index is 10.2. The minimum atomic E-state index is -0.618. The first-order valence-electron chi connectivity index (χ1n) is 2.05. The van der Waals surface area contributed by atoms with Crippen molar-refractivity contribution >= 4 is 0 Å². The molecule has 0 spiro atoms. The number of hydrogen-bond acceptors (Lipinski definition) is 2. The third-order valence-corrected chi connectivity index (χ3v) is 0.745. The summed E-state index contributed by atoms with van der Waals surface area (Å²) in [6, 6.07) is 0. The summed E-state index contributed by atoms with van der Waals surface area (Å²) in [5.41, 5.74) is -1.24. The number of aromatic amines is 2. The second kappa shape index (κ2) is 1.36. The van der Waals surface area contributed by atoms with E-state index in [-0.39, 0.29) is 0 Å². The predicted octanol–water partition coefficient (Wildman–Crippen LogP) is -1.60. The van der Waals surface area contributed by atoms with Crippen LogP contribution in [0.1, 0.15) is 0 Å². The van der Waals surface area contributed by atoms with Crippen molar-refractivity contribution in [3.05, 3.63) is 20.7 Å². The predicted molar refractivity (Wildman–Crippen MR) is 26.7 cm³/mol. The molecule has 0 aliphatic carbocycles. The third kappa shape index (κ3) is 0.575. The van der Waals surface area contributed by atoms with Crippen LogP contribution in [-0.4, -0.2) is 15.0 Å². The molecule has 1 aromatic heterocycles. The quantitative estimate of drug-likeness (QED) is 0.400. The maximum absolute atomic E-state index is 10.2. The summed E-state index contributed by atoms with van der Waals surface area (Å²) in [7, 11) is 1.53. The van der Waals surface area contributed by atoms with Crippen LogP contribution in [-0.2, 0) is 7.05 Å². The van der Waals surface area contributed by atoms with E-state index in [0.717, 1.165) is 0 Å². The van der Waals surface area contributed by atoms with E-state index < -0.39 is 11.1 Å². The Balaban J connectivity index is 3.59. The van der Waals surface area contributed by atoms with Crippen LogP contribution in [0.5, 0.6) is 0 Å². The lowest BCUT2D eigenvalue weighted by Gasteiger charge is -1.80. The van der Waals surface area contributed by atoms with Crippen LogP contribution in [0, 0.1) is 0 Å². The first kappa shape index (κ1) is 4.89. The van der Waals surface area contributed by atoms with E-state index in [9.17, 15) is 9.59 Å². The molecule has 1 heterocycles. The van der Waals surface area contributed by atoms with Crippen LogP contribution in [0.3, 0.4) is 0 Å². The third-order valence-electron chi connectivity index (χ3n) is 0.745. The van der Waals surface area contributed by atoms with E-state index in [1.807, 2.05) is 0 Å². The van der Waals surface area contributed by atoms with Gasteiger partial charge in [-0.1, -0.05) is 0 Å². The molecule has 0 amide bonds. The fourth-order valence-corrected chi connectivity index (χ4v) is 0.434. The molecular weight excluding hydrogens is 110 g/mol. The van der Waals surface area contributed by atoms with Gasteiger partial charge < -0.3 is 0 Å². The molecular formula is C3H5N3O2. The van der Waals surface area contributed by atoms with Gasteiger partial charge in [-0.2, -0.15) is 0 Å². The van der Waals surface area contributed by atoms with Crippen molar-refractivity contribution in [2.75, 3.05) is 0 Å². The molecule has 0 fully saturated rings. The zero-order valence-electron chi connectivity index (χ0n) is 4.26. The number of rotatable bonds is 0. The van der Waals surface area contributed by atoms with Crippen LogP contribution in [0.15, 0.2) is 9.59 Å². The van der Waals surface area contributed by atoms with Crippen molar-refractivity contribution in [1.29, 1.82) is 0 Å². The molecule has 0 saturated heterocycles. The monoisotopic (exact) mass is 115 g/mol. The molecule has 0 aliphatic heterocycles. The maximum Gasteiger partial charge on any atom is 0.330 e. The molecule has 2 N–H and O–H groups in total. The average molecular weight is 115 g/mol. The Hall–Kier alpha value is -1.26. The van der Waals surface area contributed by atoms with Gasteiger partial charge >= 0.3 is 11.1 Å². The van der Waals surface area contributed by atoms with Gasteiger partial charge in [-0.15, -0.1) is 0 Å². The first-order valence-corrected chi connectivity index (χ1v) is 2.05. The highest BCUT2D eigenvalue weighted by atomic mass is 16.2.